The topological polar surface area (TPSA) is 29.1 Å². The molecule has 0 spiro atoms. The van der Waals surface area contributed by atoms with Crippen molar-refractivity contribution < 1.29 is 9.18 Å². The minimum Gasteiger partial charge on any atom is -0.383 e. The molecule has 0 unspecified atom stereocenters. The highest BCUT2D eigenvalue weighted by Crippen LogP contribution is 2.17. The molecule has 28 heavy (non-hydrogen) atoms. The van der Waals surface area contributed by atoms with Crippen LogP contribution in [-0.4, -0.2) is 12.8 Å². The van der Waals surface area contributed by atoms with Gasteiger partial charge >= 0.3 is 0 Å². The quantitative estimate of drug-likeness (QED) is 0.192. The maximum Gasteiger partial charge on any atom is 0.146 e. The van der Waals surface area contributed by atoms with Crippen molar-refractivity contribution in [2.75, 3.05) is 11.9 Å². The second-order valence-corrected chi connectivity index (χ2v) is 8.04. The summed E-state index contributed by atoms with van der Waals surface area (Å²) in [5.74, 6) is -0.214. The molecule has 0 radical (unpaired) electrons. The summed E-state index contributed by atoms with van der Waals surface area (Å²) in [5, 5.41) is 3.20. The standard InChI is InChI=1S/C25H42FNO/c1-2-3-4-5-6-7-8-9-10-11-12-13-14-15-20-27-25-19-18-23(17-16-21-28)22-24(25)26/h18-19,21-22,27H,2-17,20H2,1H3. The molecule has 0 amide bonds. The van der Waals surface area contributed by atoms with Crippen molar-refractivity contribution in [2.45, 2.75) is 110 Å². The van der Waals surface area contributed by atoms with Gasteiger partial charge in [-0.15, -0.1) is 0 Å². The second kappa shape index (κ2) is 17.7. The van der Waals surface area contributed by atoms with E-state index in [1.165, 1.54) is 89.5 Å². The fraction of sp³-hybridized carbons (Fsp3) is 0.720. The fourth-order valence-electron chi connectivity index (χ4n) is 3.63. The van der Waals surface area contributed by atoms with E-state index in [0.29, 0.717) is 18.5 Å². The van der Waals surface area contributed by atoms with Gasteiger partial charge in [-0.1, -0.05) is 96.5 Å². The molecule has 0 fully saturated rings. The fourth-order valence-corrected chi connectivity index (χ4v) is 3.63. The van der Waals surface area contributed by atoms with E-state index in [0.717, 1.165) is 24.8 Å². The number of carbonyl (C=O) groups is 1. The highest BCUT2D eigenvalue weighted by atomic mass is 19.1. The number of halogens is 1. The summed E-state index contributed by atoms with van der Waals surface area (Å²) in [5.41, 5.74) is 1.45. The predicted molar refractivity (Wildman–Crippen MR) is 120 cm³/mol. The molecule has 0 heterocycles. The minimum absolute atomic E-state index is 0.214. The van der Waals surface area contributed by atoms with Crippen LogP contribution in [0.3, 0.4) is 0 Å². The van der Waals surface area contributed by atoms with Crippen molar-refractivity contribution in [1.82, 2.24) is 0 Å². The molecule has 0 atom stereocenters. The van der Waals surface area contributed by atoms with Crippen LogP contribution in [0.5, 0.6) is 0 Å². The third kappa shape index (κ3) is 12.9. The molecule has 0 aliphatic carbocycles. The average Bonchev–Trinajstić information content (AvgIpc) is 2.70. The van der Waals surface area contributed by atoms with E-state index in [-0.39, 0.29) is 5.82 Å². The van der Waals surface area contributed by atoms with Crippen LogP contribution in [0.2, 0.25) is 0 Å². The molecule has 160 valence electrons. The van der Waals surface area contributed by atoms with Gasteiger partial charge < -0.3 is 10.1 Å². The Bertz CT molecular complexity index is 503. The van der Waals surface area contributed by atoms with Crippen LogP contribution in [0.15, 0.2) is 18.2 Å². The summed E-state index contributed by atoms with van der Waals surface area (Å²) in [6.07, 6.45) is 20.8. The third-order valence-corrected chi connectivity index (χ3v) is 5.43. The second-order valence-electron chi connectivity index (χ2n) is 8.04. The van der Waals surface area contributed by atoms with E-state index in [9.17, 15) is 9.18 Å². The Labute approximate surface area is 172 Å². The molecule has 0 bridgehead atoms. The number of hydrogen-bond donors (Lipinski definition) is 1. The predicted octanol–water partition coefficient (Wildman–Crippen LogP) is 7.85. The Hall–Kier alpha value is -1.38. The summed E-state index contributed by atoms with van der Waals surface area (Å²) in [4.78, 5) is 10.4. The van der Waals surface area contributed by atoms with Crippen LogP contribution >= 0.6 is 0 Å². The maximum absolute atomic E-state index is 14.0. The first-order valence-corrected chi connectivity index (χ1v) is 11.7. The van der Waals surface area contributed by atoms with E-state index >= 15 is 0 Å². The lowest BCUT2D eigenvalue weighted by molar-refractivity contribution is -0.107. The van der Waals surface area contributed by atoms with Gasteiger partial charge in [-0.25, -0.2) is 4.39 Å². The van der Waals surface area contributed by atoms with E-state index < -0.39 is 0 Å². The summed E-state index contributed by atoms with van der Waals surface area (Å²) >= 11 is 0. The molecule has 0 aliphatic rings. The Morgan fingerprint density at radius 2 is 1.36 bits per heavy atom. The van der Waals surface area contributed by atoms with Gasteiger partial charge in [-0.3, -0.25) is 0 Å². The van der Waals surface area contributed by atoms with E-state index in [1.54, 1.807) is 6.07 Å². The largest absolute Gasteiger partial charge is 0.383 e. The Balaban J connectivity index is 1.91. The first-order chi connectivity index (χ1) is 13.8. The minimum atomic E-state index is -0.214. The van der Waals surface area contributed by atoms with Crippen LogP contribution in [0.1, 0.15) is 109 Å². The van der Waals surface area contributed by atoms with Gasteiger partial charge in [0.2, 0.25) is 0 Å². The van der Waals surface area contributed by atoms with E-state index in [2.05, 4.69) is 12.2 Å². The first kappa shape index (κ1) is 24.7. The first-order valence-electron chi connectivity index (χ1n) is 11.7. The molecule has 0 aliphatic heterocycles. The van der Waals surface area contributed by atoms with Crippen molar-refractivity contribution in [3.8, 4) is 0 Å². The molecular formula is C25H42FNO. The highest BCUT2D eigenvalue weighted by molar-refractivity contribution is 5.51. The summed E-state index contributed by atoms with van der Waals surface area (Å²) in [7, 11) is 0. The molecule has 1 rings (SSSR count). The molecule has 2 nitrogen and oxygen atoms in total. The van der Waals surface area contributed by atoms with Crippen molar-refractivity contribution in [3.63, 3.8) is 0 Å². The Morgan fingerprint density at radius 1 is 0.821 bits per heavy atom. The molecule has 1 aromatic carbocycles. The van der Waals surface area contributed by atoms with Gasteiger partial charge in [0.1, 0.15) is 12.1 Å². The maximum atomic E-state index is 14.0. The van der Waals surface area contributed by atoms with Gasteiger partial charge in [0, 0.05) is 13.0 Å². The Morgan fingerprint density at radius 3 is 1.86 bits per heavy atom. The van der Waals surface area contributed by atoms with Gasteiger partial charge in [-0.05, 0) is 30.5 Å². The molecule has 1 N–H and O–H groups in total. The molecule has 3 heteroatoms. The lowest BCUT2D eigenvalue weighted by atomic mass is 10.0. The molecule has 0 saturated carbocycles. The smallest absolute Gasteiger partial charge is 0.146 e. The third-order valence-electron chi connectivity index (χ3n) is 5.43. The number of carbonyl (C=O) groups excluding carboxylic acids is 1. The number of rotatable bonds is 19. The molecule has 0 saturated heterocycles. The normalized spacial score (nSPS) is 10.9. The molecule has 0 aromatic heterocycles. The number of aldehydes is 1. The summed E-state index contributed by atoms with van der Waals surface area (Å²) in [6, 6.07) is 5.23. The zero-order chi connectivity index (χ0) is 20.3. The SMILES string of the molecule is CCCCCCCCCCCCCCCCNc1ccc(CCC=O)cc1F. The van der Waals surface area contributed by atoms with Gasteiger partial charge in [0.25, 0.3) is 0 Å². The number of benzene rings is 1. The lowest BCUT2D eigenvalue weighted by Gasteiger charge is -2.09. The zero-order valence-corrected chi connectivity index (χ0v) is 18.1. The van der Waals surface area contributed by atoms with Gasteiger partial charge in [0.05, 0.1) is 5.69 Å². The number of hydrogen-bond acceptors (Lipinski definition) is 2. The van der Waals surface area contributed by atoms with Crippen molar-refractivity contribution in [3.05, 3.63) is 29.6 Å². The molecule has 1 aromatic rings. The van der Waals surface area contributed by atoms with Crippen LogP contribution in [-0.2, 0) is 11.2 Å². The van der Waals surface area contributed by atoms with Crippen molar-refractivity contribution in [2.24, 2.45) is 0 Å². The van der Waals surface area contributed by atoms with E-state index in [1.807, 2.05) is 6.07 Å². The Kier molecular flexibility index (Phi) is 15.6. The van der Waals surface area contributed by atoms with Gasteiger partial charge in [-0.2, -0.15) is 0 Å². The number of nitrogens with one attached hydrogen (secondary N) is 1. The van der Waals surface area contributed by atoms with Crippen molar-refractivity contribution in [1.29, 1.82) is 0 Å². The number of aryl methyl sites for hydroxylation is 1. The van der Waals surface area contributed by atoms with Crippen LogP contribution < -0.4 is 5.32 Å². The molecular weight excluding hydrogens is 349 g/mol. The number of unbranched alkanes of at least 4 members (excludes halogenated alkanes) is 13. The van der Waals surface area contributed by atoms with E-state index in [4.69, 9.17) is 0 Å². The van der Waals surface area contributed by atoms with Crippen LogP contribution in [0, 0.1) is 5.82 Å². The summed E-state index contributed by atoms with van der Waals surface area (Å²) in [6.45, 7) is 3.09. The van der Waals surface area contributed by atoms with Crippen LogP contribution in [0.4, 0.5) is 10.1 Å². The number of anilines is 1. The lowest BCUT2D eigenvalue weighted by Crippen LogP contribution is -2.04. The van der Waals surface area contributed by atoms with Crippen LogP contribution in [0.25, 0.3) is 0 Å². The average molecular weight is 392 g/mol. The summed E-state index contributed by atoms with van der Waals surface area (Å²) < 4.78 is 14.0. The monoisotopic (exact) mass is 391 g/mol. The highest BCUT2D eigenvalue weighted by Gasteiger charge is 2.03. The van der Waals surface area contributed by atoms with Crippen molar-refractivity contribution >= 4 is 12.0 Å². The van der Waals surface area contributed by atoms with Gasteiger partial charge in [0.15, 0.2) is 0 Å². The zero-order valence-electron chi connectivity index (χ0n) is 18.1.